The van der Waals surface area contributed by atoms with Gasteiger partial charge in [0.15, 0.2) is 0 Å². The van der Waals surface area contributed by atoms with Crippen LogP contribution in [0.3, 0.4) is 0 Å². The van der Waals surface area contributed by atoms with Gasteiger partial charge in [-0.3, -0.25) is 18.4 Å². The van der Waals surface area contributed by atoms with Crippen molar-refractivity contribution in [1.29, 1.82) is 0 Å². The molecule has 12 nitrogen and oxygen atoms in total. The van der Waals surface area contributed by atoms with Crippen LogP contribution in [-0.2, 0) is 40.4 Å². The average Bonchev–Trinajstić information content (AvgIpc) is 2.40. The summed E-state index contributed by atoms with van der Waals surface area (Å²) in [5, 5.41) is -0.937. The zero-order chi connectivity index (χ0) is 21.0. The van der Waals surface area contributed by atoms with Crippen molar-refractivity contribution < 1.29 is 47.3 Å². The summed E-state index contributed by atoms with van der Waals surface area (Å²) in [6.45, 7) is 0. The van der Waals surface area contributed by atoms with Crippen LogP contribution in [0.1, 0.15) is 0 Å². The molecule has 16 heteroatoms. The lowest BCUT2D eigenvalue weighted by Gasteiger charge is -2.13. The Morgan fingerprint density at radius 2 is 1.22 bits per heavy atom. The van der Waals surface area contributed by atoms with E-state index in [1.165, 1.54) is 0 Å². The topological polar surface area (TPSA) is 209 Å². The average molecular weight is 461 g/mol. The molecule has 0 atom stereocenters. The fourth-order valence-electron chi connectivity index (χ4n) is 2.19. The molecular weight excluding hydrogens is 450 g/mol. The van der Waals surface area contributed by atoms with E-state index in [1.54, 1.807) is 4.72 Å². The quantitative estimate of drug-likeness (QED) is 0.434. The summed E-state index contributed by atoms with van der Waals surface area (Å²) in [7, 11) is -19.2. The molecule has 0 aliphatic carbocycles. The van der Waals surface area contributed by atoms with Crippen molar-refractivity contribution in [2.24, 2.45) is 0 Å². The van der Waals surface area contributed by atoms with Gasteiger partial charge in [-0.15, -0.1) is 0 Å². The van der Waals surface area contributed by atoms with Crippen LogP contribution in [0.2, 0.25) is 0 Å². The lowest BCUT2D eigenvalue weighted by atomic mass is 10.1. The molecule has 0 aromatic heterocycles. The maximum absolute atomic E-state index is 11.6. The number of anilines is 1. The van der Waals surface area contributed by atoms with Crippen LogP contribution in [0.4, 0.5) is 5.69 Å². The first-order valence-corrected chi connectivity index (χ1v) is 12.6. The lowest BCUT2D eigenvalue weighted by molar-refractivity contribution is 0.480. The summed E-state index contributed by atoms with van der Waals surface area (Å²) in [4.78, 5) is -3.06. The van der Waals surface area contributed by atoms with Gasteiger partial charge in [-0.05, 0) is 29.7 Å². The number of rotatable bonds is 5. The molecule has 2 aromatic carbocycles. The molecule has 0 aliphatic heterocycles. The van der Waals surface area contributed by atoms with E-state index in [4.69, 9.17) is 4.55 Å². The first-order chi connectivity index (χ1) is 11.9. The van der Waals surface area contributed by atoms with Crippen LogP contribution in [-0.4, -0.2) is 53.6 Å². The molecule has 2 rings (SSSR count). The predicted molar refractivity (Wildman–Crippen MR) is 91.9 cm³/mol. The Bertz CT molecular complexity index is 1370. The zero-order valence-electron chi connectivity index (χ0n) is 13.1. The molecular formula is C11H11NO11S4. The second-order valence-corrected chi connectivity index (χ2v) is 11.2. The van der Waals surface area contributed by atoms with Crippen molar-refractivity contribution >= 4 is 56.8 Å². The molecule has 0 unspecified atom stereocenters. The highest BCUT2D eigenvalue weighted by molar-refractivity contribution is 7.92. The van der Waals surface area contributed by atoms with E-state index < -0.39 is 71.5 Å². The van der Waals surface area contributed by atoms with Gasteiger partial charge in [-0.25, -0.2) is 8.42 Å². The fraction of sp³-hybridized carbons (Fsp3) is 0.0909. The van der Waals surface area contributed by atoms with Gasteiger partial charge in [0.2, 0.25) is 10.0 Å². The van der Waals surface area contributed by atoms with Crippen LogP contribution >= 0.6 is 0 Å². The standard InChI is InChI=1S/C11H11NO11S4/c1-24(13,14)12-9-5-8-6(3-11(9)27(21,22)23)2-7(25(15,16)17)4-10(8)26(18,19)20/h2-5,12H,1H3,(H,15,16,17)(H,18,19,20)(H,21,22,23). The molecule has 4 N–H and O–H groups in total. The molecule has 0 aliphatic rings. The third-order valence-corrected chi connectivity index (χ3v) is 6.35. The summed E-state index contributed by atoms with van der Waals surface area (Å²) >= 11 is 0. The van der Waals surface area contributed by atoms with Gasteiger partial charge in [0.1, 0.15) is 9.79 Å². The molecule has 0 bridgehead atoms. The van der Waals surface area contributed by atoms with E-state index in [0.29, 0.717) is 30.5 Å². The van der Waals surface area contributed by atoms with E-state index in [1.807, 2.05) is 0 Å². The highest BCUT2D eigenvalue weighted by Crippen LogP contribution is 2.34. The van der Waals surface area contributed by atoms with Crippen molar-refractivity contribution in [3.63, 3.8) is 0 Å². The maximum atomic E-state index is 11.6. The molecule has 0 amide bonds. The van der Waals surface area contributed by atoms with E-state index in [2.05, 4.69) is 0 Å². The summed E-state index contributed by atoms with van der Waals surface area (Å²) in [5.41, 5.74) is -0.753. The Morgan fingerprint density at radius 1 is 0.704 bits per heavy atom. The van der Waals surface area contributed by atoms with E-state index >= 15 is 0 Å². The highest BCUT2D eigenvalue weighted by atomic mass is 32.2. The molecule has 2 aromatic rings. The van der Waals surface area contributed by atoms with Crippen molar-refractivity contribution in [3.8, 4) is 0 Å². The van der Waals surface area contributed by atoms with Crippen LogP contribution in [0.25, 0.3) is 10.8 Å². The Labute approximate surface area is 154 Å². The van der Waals surface area contributed by atoms with Gasteiger partial charge in [-0.2, -0.15) is 25.3 Å². The Kier molecular flexibility index (Phi) is 5.06. The van der Waals surface area contributed by atoms with Gasteiger partial charge in [0.25, 0.3) is 30.4 Å². The molecule has 0 spiro atoms. The van der Waals surface area contributed by atoms with E-state index in [9.17, 15) is 42.8 Å². The Balaban J connectivity index is 3.12. The second kappa shape index (κ2) is 6.36. The van der Waals surface area contributed by atoms with Crippen molar-refractivity contribution in [2.75, 3.05) is 11.0 Å². The van der Waals surface area contributed by atoms with Crippen LogP contribution in [0, 0.1) is 0 Å². The summed E-state index contributed by atoms with van der Waals surface area (Å²) in [6.07, 6.45) is 0.649. The summed E-state index contributed by atoms with van der Waals surface area (Å²) < 4.78 is 121. The minimum atomic E-state index is -5.09. The molecule has 0 heterocycles. The molecule has 150 valence electrons. The summed E-state index contributed by atoms with van der Waals surface area (Å²) in [6, 6.07) is 2.29. The van der Waals surface area contributed by atoms with Gasteiger partial charge >= 0.3 is 0 Å². The van der Waals surface area contributed by atoms with E-state index in [-0.39, 0.29) is 0 Å². The first-order valence-electron chi connectivity index (χ1n) is 6.42. The van der Waals surface area contributed by atoms with Gasteiger partial charge in [0.05, 0.1) is 16.8 Å². The van der Waals surface area contributed by atoms with Crippen LogP contribution < -0.4 is 4.72 Å². The number of hydrogen-bond donors (Lipinski definition) is 4. The SMILES string of the molecule is CS(=O)(=O)Nc1cc2c(S(=O)(=O)O)cc(S(=O)(=O)O)cc2cc1S(=O)(=O)O. The molecule has 0 radical (unpaired) electrons. The molecule has 0 saturated carbocycles. The van der Waals surface area contributed by atoms with Gasteiger partial charge in [0, 0.05) is 5.39 Å². The monoisotopic (exact) mass is 461 g/mol. The normalized spacial score (nSPS) is 13.6. The number of sulfonamides is 1. The minimum Gasteiger partial charge on any atom is -0.282 e. The zero-order valence-corrected chi connectivity index (χ0v) is 16.3. The van der Waals surface area contributed by atoms with Crippen LogP contribution in [0.5, 0.6) is 0 Å². The van der Waals surface area contributed by atoms with Crippen molar-refractivity contribution in [3.05, 3.63) is 24.3 Å². The number of hydrogen-bond acceptors (Lipinski definition) is 8. The van der Waals surface area contributed by atoms with Crippen molar-refractivity contribution in [1.82, 2.24) is 0 Å². The predicted octanol–water partition coefficient (Wildman–Crippen LogP) is -0.0486. The third kappa shape index (κ3) is 4.92. The fourth-order valence-corrected chi connectivity index (χ4v) is 4.83. The Hall–Kier alpha value is -1.82. The number of benzene rings is 2. The smallest absolute Gasteiger partial charge is 0.282 e. The van der Waals surface area contributed by atoms with Crippen LogP contribution in [0.15, 0.2) is 39.0 Å². The largest absolute Gasteiger partial charge is 0.296 e. The lowest BCUT2D eigenvalue weighted by Crippen LogP contribution is -2.13. The second-order valence-electron chi connectivity index (χ2n) is 5.29. The van der Waals surface area contributed by atoms with Crippen molar-refractivity contribution in [2.45, 2.75) is 14.7 Å². The first kappa shape index (κ1) is 21.5. The molecule has 27 heavy (non-hydrogen) atoms. The third-order valence-electron chi connectivity index (χ3n) is 3.14. The minimum absolute atomic E-state index is 0.393. The molecule has 0 saturated heterocycles. The highest BCUT2D eigenvalue weighted by Gasteiger charge is 2.25. The van der Waals surface area contributed by atoms with E-state index in [0.717, 1.165) is 0 Å². The maximum Gasteiger partial charge on any atom is 0.296 e. The van der Waals surface area contributed by atoms with Gasteiger partial charge < -0.3 is 0 Å². The summed E-state index contributed by atoms with van der Waals surface area (Å²) in [5.74, 6) is 0. The van der Waals surface area contributed by atoms with Gasteiger partial charge in [-0.1, -0.05) is 0 Å². The molecule has 0 fully saturated rings. The Morgan fingerprint density at radius 3 is 1.63 bits per heavy atom. The number of fused-ring (bicyclic) bond motifs is 1. The number of nitrogens with one attached hydrogen (secondary N) is 1.